The summed E-state index contributed by atoms with van der Waals surface area (Å²) in [4.78, 5) is 4.23. The lowest BCUT2D eigenvalue weighted by molar-refractivity contribution is 0.124. The van der Waals surface area contributed by atoms with E-state index in [1.807, 2.05) is 18.5 Å². The molecule has 2 heteroatoms. The lowest BCUT2D eigenvalue weighted by Gasteiger charge is -2.42. The highest BCUT2D eigenvalue weighted by Crippen LogP contribution is 2.38. The first kappa shape index (κ1) is 14.5. The number of rotatable bonds is 3. The minimum atomic E-state index is 0.390. The first-order chi connectivity index (χ1) is 8.98. The predicted molar refractivity (Wildman–Crippen MR) is 81.0 cm³/mol. The van der Waals surface area contributed by atoms with Crippen LogP contribution in [0, 0.1) is 11.3 Å². The number of hydrogen-bond donors (Lipinski definition) is 1. The molecule has 1 aliphatic carbocycles. The molecule has 1 aliphatic rings. The zero-order valence-corrected chi connectivity index (χ0v) is 12.8. The second-order valence-corrected chi connectivity index (χ2v) is 7.04. The molecule has 3 atom stereocenters. The molecule has 2 nitrogen and oxygen atoms in total. The zero-order valence-electron chi connectivity index (χ0n) is 12.8. The highest BCUT2D eigenvalue weighted by atomic mass is 15.0. The van der Waals surface area contributed by atoms with Crippen LogP contribution >= 0.6 is 0 Å². The number of aromatic nitrogens is 1. The van der Waals surface area contributed by atoms with Crippen molar-refractivity contribution in [2.75, 3.05) is 0 Å². The van der Waals surface area contributed by atoms with Crippen LogP contribution < -0.4 is 5.32 Å². The molecule has 1 aromatic heterocycles. The SMILES string of the molecule is CC(NC1CCCCC1C(C)(C)C)c1cccnc1. The van der Waals surface area contributed by atoms with Crippen LogP contribution in [0.1, 0.15) is 65.0 Å². The van der Waals surface area contributed by atoms with Crippen LogP contribution in [0.5, 0.6) is 0 Å². The summed E-state index contributed by atoms with van der Waals surface area (Å²) in [5.74, 6) is 0.778. The van der Waals surface area contributed by atoms with E-state index < -0.39 is 0 Å². The van der Waals surface area contributed by atoms with Gasteiger partial charge in [-0.15, -0.1) is 0 Å². The molecular weight excluding hydrogens is 232 g/mol. The second-order valence-electron chi connectivity index (χ2n) is 7.04. The number of hydrogen-bond acceptors (Lipinski definition) is 2. The van der Waals surface area contributed by atoms with Crippen LogP contribution in [-0.4, -0.2) is 11.0 Å². The summed E-state index contributed by atoms with van der Waals surface area (Å²) in [5.41, 5.74) is 1.69. The summed E-state index contributed by atoms with van der Waals surface area (Å²) < 4.78 is 0. The molecule has 106 valence electrons. The third kappa shape index (κ3) is 3.79. The lowest BCUT2D eigenvalue weighted by atomic mass is 9.69. The Morgan fingerprint density at radius 2 is 2.00 bits per heavy atom. The van der Waals surface area contributed by atoms with Gasteiger partial charge in [0.15, 0.2) is 0 Å². The minimum Gasteiger partial charge on any atom is -0.307 e. The Morgan fingerprint density at radius 1 is 1.26 bits per heavy atom. The van der Waals surface area contributed by atoms with E-state index in [1.54, 1.807) is 0 Å². The van der Waals surface area contributed by atoms with E-state index in [2.05, 4.69) is 44.1 Å². The van der Waals surface area contributed by atoms with E-state index >= 15 is 0 Å². The Labute approximate surface area is 118 Å². The molecule has 1 aromatic rings. The van der Waals surface area contributed by atoms with E-state index in [9.17, 15) is 0 Å². The molecule has 2 rings (SSSR count). The summed E-state index contributed by atoms with van der Waals surface area (Å²) in [6.07, 6.45) is 9.25. The van der Waals surface area contributed by atoms with Crippen molar-refractivity contribution in [2.45, 2.75) is 65.5 Å². The molecule has 0 saturated heterocycles. The first-order valence-electron chi connectivity index (χ1n) is 7.64. The van der Waals surface area contributed by atoms with Crippen LogP contribution in [0.4, 0.5) is 0 Å². The van der Waals surface area contributed by atoms with Crippen molar-refractivity contribution in [1.29, 1.82) is 0 Å². The fourth-order valence-corrected chi connectivity index (χ4v) is 3.42. The van der Waals surface area contributed by atoms with Crippen LogP contribution in [-0.2, 0) is 0 Å². The number of nitrogens with one attached hydrogen (secondary N) is 1. The molecule has 0 radical (unpaired) electrons. The van der Waals surface area contributed by atoms with Crippen molar-refractivity contribution in [3.8, 4) is 0 Å². The molecular formula is C17H28N2. The fourth-order valence-electron chi connectivity index (χ4n) is 3.42. The van der Waals surface area contributed by atoms with Gasteiger partial charge in [-0.1, -0.05) is 39.7 Å². The molecule has 0 aromatic carbocycles. The monoisotopic (exact) mass is 260 g/mol. The molecule has 0 spiro atoms. The Kier molecular flexibility index (Phi) is 4.62. The molecule has 0 bridgehead atoms. The predicted octanol–water partition coefficient (Wildman–Crippen LogP) is 4.34. The van der Waals surface area contributed by atoms with Crippen molar-refractivity contribution < 1.29 is 0 Å². The molecule has 0 amide bonds. The van der Waals surface area contributed by atoms with Crippen LogP contribution in [0.2, 0.25) is 0 Å². The van der Waals surface area contributed by atoms with Gasteiger partial charge in [0.1, 0.15) is 0 Å². The van der Waals surface area contributed by atoms with Crippen molar-refractivity contribution in [2.24, 2.45) is 11.3 Å². The van der Waals surface area contributed by atoms with E-state index in [0.29, 0.717) is 17.5 Å². The van der Waals surface area contributed by atoms with Crippen molar-refractivity contribution >= 4 is 0 Å². The third-order valence-electron chi connectivity index (χ3n) is 4.53. The molecule has 3 unspecified atom stereocenters. The summed E-state index contributed by atoms with van der Waals surface area (Å²) in [5, 5.41) is 3.85. The fraction of sp³-hybridized carbons (Fsp3) is 0.706. The van der Waals surface area contributed by atoms with Crippen molar-refractivity contribution in [3.05, 3.63) is 30.1 Å². The Bertz CT molecular complexity index is 380. The standard InChI is InChI=1S/C17H28N2/c1-13(14-8-7-11-18-12-14)19-16-10-6-5-9-15(16)17(2,3)4/h7-8,11-13,15-16,19H,5-6,9-10H2,1-4H3. The molecule has 1 N–H and O–H groups in total. The Balaban J connectivity index is 2.04. The van der Waals surface area contributed by atoms with Crippen molar-refractivity contribution in [1.82, 2.24) is 10.3 Å². The zero-order chi connectivity index (χ0) is 13.9. The summed E-state index contributed by atoms with van der Waals surface area (Å²) in [6, 6.07) is 5.22. The molecule has 1 fully saturated rings. The maximum Gasteiger partial charge on any atom is 0.0315 e. The quantitative estimate of drug-likeness (QED) is 0.874. The third-order valence-corrected chi connectivity index (χ3v) is 4.53. The van der Waals surface area contributed by atoms with E-state index in [0.717, 1.165) is 5.92 Å². The summed E-state index contributed by atoms with van der Waals surface area (Å²) in [6.45, 7) is 9.40. The maximum atomic E-state index is 4.23. The first-order valence-corrected chi connectivity index (χ1v) is 7.64. The van der Waals surface area contributed by atoms with Gasteiger partial charge in [0.2, 0.25) is 0 Å². The highest BCUT2D eigenvalue weighted by Gasteiger charge is 2.34. The summed E-state index contributed by atoms with van der Waals surface area (Å²) in [7, 11) is 0. The van der Waals surface area contributed by atoms with Gasteiger partial charge in [0.05, 0.1) is 0 Å². The molecule has 19 heavy (non-hydrogen) atoms. The number of nitrogens with zero attached hydrogens (tertiary/aromatic N) is 1. The average molecular weight is 260 g/mol. The smallest absolute Gasteiger partial charge is 0.0315 e. The lowest BCUT2D eigenvalue weighted by Crippen LogP contribution is -2.45. The van der Waals surface area contributed by atoms with Gasteiger partial charge in [-0.2, -0.15) is 0 Å². The number of pyridine rings is 1. The largest absolute Gasteiger partial charge is 0.307 e. The summed E-state index contributed by atoms with van der Waals surface area (Å²) >= 11 is 0. The average Bonchev–Trinajstić information content (AvgIpc) is 2.39. The molecule has 1 heterocycles. The maximum absolute atomic E-state index is 4.23. The van der Waals surface area contributed by atoms with Crippen molar-refractivity contribution in [3.63, 3.8) is 0 Å². The Hall–Kier alpha value is -0.890. The second kappa shape index (κ2) is 6.04. The van der Waals surface area contributed by atoms with Gasteiger partial charge >= 0.3 is 0 Å². The highest BCUT2D eigenvalue weighted by molar-refractivity contribution is 5.13. The van der Waals surface area contributed by atoms with Gasteiger partial charge in [-0.05, 0) is 42.7 Å². The topological polar surface area (TPSA) is 24.9 Å². The van der Waals surface area contributed by atoms with Crippen LogP contribution in [0.3, 0.4) is 0 Å². The van der Waals surface area contributed by atoms with E-state index in [-0.39, 0.29) is 0 Å². The van der Waals surface area contributed by atoms with Gasteiger partial charge in [0, 0.05) is 24.5 Å². The minimum absolute atomic E-state index is 0.390. The molecule has 1 saturated carbocycles. The normalized spacial score (nSPS) is 26.1. The Morgan fingerprint density at radius 3 is 2.63 bits per heavy atom. The van der Waals surface area contributed by atoms with Gasteiger partial charge in [-0.3, -0.25) is 4.98 Å². The van der Waals surface area contributed by atoms with Crippen LogP contribution in [0.25, 0.3) is 0 Å². The van der Waals surface area contributed by atoms with E-state index in [1.165, 1.54) is 31.2 Å². The molecule has 0 aliphatic heterocycles. The van der Waals surface area contributed by atoms with Gasteiger partial charge < -0.3 is 5.32 Å². The van der Waals surface area contributed by atoms with Gasteiger partial charge in [0.25, 0.3) is 0 Å². The van der Waals surface area contributed by atoms with E-state index in [4.69, 9.17) is 0 Å². The van der Waals surface area contributed by atoms with Gasteiger partial charge in [-0.25, -0.2) is 0 Å². The van der Waals surface area contributed by atoms with Crippen LogP contribution in [0.15, 0.2) is 24.5 Å².